The number of carbonyl (C=O) groups is 1. The molecule has 5 rings (SSSR count). The summed E-state index contributed by atoms with van der Waals surface area (Å²) in [5.41, 5.74) is 4.87. The van der Waals surface area contributed by atoms with Gasteiger partial charge in [-0.2, -0.15) is 0 Å². The van der Waals surface area contributed by atoms with Crippen molar-refractivity contribution >= 4 is 22.8 Å². The number of nitrogens with one attached hydrogen (secondary N) is 1. The first kappa shape index (κ1) is 21.1. The number of aryl methyl sites for hydroxylation is 2. The van der Waals surface area contributed by atoms with E-state index in [1.807, 2.05) is 4.90 Å². The smallest absolute Gasteiger partial charge is 0.223 e. The van der Waals surface area contributed by atoms with Crippen molar-refractivity contribution < 1.29 is 9.18 Å². The van der Waals surface area contributed by atoms with Crippen LogP contribution in [0.15, 0.2) is 55.1 Å². The van der Waals surface area contributed by atoms with E-state index in [2.05, 4.69) is 62.1 Å². The van der Waals surface area contributed by atoms with Crippen LogP contribution in [0.2, 0.25) is 0 Å². The predicted molar refractivity (Wildman–Crippen MR) is 125 cm³/mol. The van der Waals surface area contributed by atoms with E-state index in [4.69, 9.17) is 0 Å². The minimum atomic E-state index is -0.375. The molecule has 168 valence electrons. The van der Waals surface area contributed by atoms with Crippen molar-refractivity contribution in [1.82, 2.24) is 24.8 Å². The molecule has 0 atom stereocenters. The maximum Gasteiger partial charge on any atom is 0.223 e. The van der Waals surface area contributed by atoms with E-state index in [0.29, 0.717) is 39.0 Å². The number of benzene rings is 1. The molecule has 1 aliphatic heterocycles. The van der Waals surface area contributed by atoms with Gasteiger partial charge in [0.1, 0.15) is 23.6 Å². The second kappa shape index (κ2) is 8.97. The fraction of sp³-hybridized carbons (Fsp3) is 0.280. The van der Waals surface area contributed by atoms with E-state index >= 15 is 0 Å². The molecule has 4 aromatic rings. The van der Waals surface area contributed by atoms with Crippen LogP contribution in [0.25, 0.3) is 22.3 Å². The lowest BCUT2D eigenvalue weighted by molar-refractivity contribution is -0.131. The third-order valence-electron chi connectivity index (χ3n) is 6.09. The first-order chi connectivity index (χ1) is 16.1. The van der Waals surface area contributed by atoms with Gasteiger partial charge < -0.3 is 14.8 Å². The van der Waals surface area contributed by atoms with Crippen LogP contribution in [0.5, 0.6) is 0 Å². The normalized spacial score (nSPS) is 14.1. The molecule has 0 bridgehead atoms. The van der Waals surface area contributed by atoms with Gasteiger partial charge in [0.15, 0.2) is 0 Å². The number of amides is 1. The van der Waals surface area contributed by atoms with E-state index in [1.165, 1.54) is 17.8 Å². The molecular formula is C25H25FN6O. The summed E-state index contributed by atoms with van der Waals surface area (Å²) in [5.74, 6) is 0.586. The molecule has 0 saturated carbocycles. The monoisotopic (exact) mass is 444 g/mol. The molecule has 1 aromatic carbocycles. The predicted octanol–water partition coefficient (Wildman–Crippen LogP) is 3.75. The second-order valence-corrected chi connectivity index (χ2v) is 8.39. The maximum absolute atomic E-state index is 13.3. The van der Waals surface area contributed by atoms with Gasteiger partial charge in [-0.05, 0) is 36.6 Å². The van der Waals surface area contributed by atoms with Crippen LogP contribution >= 0.6 is 0 Å². The number of halogens is 1. The Morgan fingerprint density at radius 3 is 2.61 bits per heavy atom. The average molecular weight is 445 g/mol. The van der Waals surface area contributed by atoms with Gasteiger partial charge in [-0.25, -0.2) is 14.4 Å². The molecule has 0 radical (unpaired) electrons. The summed E-state index contributed by atoms with van der Waals surface area (Å²) in [7, 11) is 0. The topological polar surface area (TPSA) is 78.0 Å². The van der Waals surface area contributed by atoms with Crippen molar-refractivity contribution in [2.75, 3.05) is 31.1 Å². The molecule has 1 aliphatic rings. The average Bonchev–Trinajstić information content (AvgIpc) is 3.28. The summed E-state index contributed by atoms with van der Waals surface area (Å²) in [4.78, 5) is 33.0. The van der Waals surface area contributed by atoms with Crippen molar-refractivity contribution in [3.05, 3.63) is 72.1 Å². The second-order valence-electron chi connectivity index (χ2n) is 8.39. The SMILES string of the molecule is Cc1ccc(-c2cc3c(N4CCN(C(=O)CCc5cncc(F)c5)CC4)ncnc3[nH]2)cc1. The van der Waals surface area contributed by atoms with Crippen molar-refractivity contribution in [2.45, 2.75) is 19.8 Å². The summed E-state index contributed by atoms with van der Waals surface area (Å²) in [6.45, 7) is 4.72. The van der Waals surface area contributed by atoms with E-state index in [0.717, 1.165) is 33.7 Å². The molecule has 1 amide bonds. The van der Waals surface area contributed by atoms with Gasteiger partial charge >= 0.3 is 0 Å². The summed E-state index contributed by atoms with van der Waals surface area (Å²) < 4.78 is 13.3. The summed E-state index contributed by atoms with van der Waals surface area (Å²) in [6.07, 6.45) is 5.19. The fourth-order valence-corrected chi connectivity index (χ4v) is 4.24. The molecule has 7 nitrogen and oxygen atoms in total. The zero-order valence-electron chi connectivity index (χ0n) is 18.5. The Hall–Kier alpha value is -3.81. The first-order valence-electron chi connectivity index (χ1n) is 11.1. The number of rotatable bonds is 5. The number of pyridine rings is 1. The Balaban J connectivity index is 1.25. The third-order valence-corrected chi connectivity index (χ3v) is 6.09. The largest absolute Gasteiger partial charge is 0.352 e. The van der Waals surface area contributed by atoms with Crippen molar-refractivity contribution in [3.63, 3.8) is 0 Å². The molecule has 4 heterocycles. The van der Waals surface area contributed by atoms with Crippen LogP contribution in [0.1, 0.15) is 17.5 Å². The first-order valence-corrected chi connectivity index (χ1v) is 11.1. The zero-order valence-corrected chi connectivity index (χ0v) is 18.5. The Morgan fingerprint density at radius 1 is 1.06 bits per heavy atom. The van der Waals surface area contributed by atoms with Gasteiger partial charge in [-0.1, -0.05) is 29.8 Å². The molecule has 1 N–H and O–H groups in total. The number of fused-ring (bicyclic) bond motifs is 1. The molecule has 1 saturated heterocycles. The molecule has 33 heavy (non-hydrogen) atoms. The van der Waals surface area contributed by atoms with Crippen LogP contribution in [0.4, 0.5) is 10.2 Å². The van der Waals surface area contributed by atoms with Crippen LogP contribution in [-0.4, -0.2) is 56.9 Å². The molecule has 1 fully saturated rings. The van der Waals surface area contributed by atoms with Crippen LogP contribution in [-0.2, 0) is 11.2 Å². The Bertz CT molecular complexity index is 1280. The highest BCUT2D eigenvalue weighted by molar-refractivity contribution is 5.92. The van der Waals surface area contributed by atoms with Crippen molar-refractivity contribution in [1.29, 1.82) is 0 Å². The molecular weight excluding hydrogens is 419 g/mol. The Morgan fingerprint density at radius 2 is 1.85 bits per heavy atom. The van der Waals surface area contributed by atoms with Gasteiger partial charge in [0, 0.05) is 44.5 Å². The lowest BCUT2D eigenvalue weighted by atomic mass is 10.1. The lowest BCUT2D eigenvalue weighted by Gasteiger charge is -2.35. The van der Waals surface area contributed by atoms with Gasteiger partial charge in [0.2, 0.25) is 5.91 Å². The number of nitrogens with zero attached hydrogens (tertiary/aromatic N) is 5. The van der Waals surface area contributed by atoms with Crippen LogP contribution in [0, 0.1) is 12.7 Å². The third kappa shape index (κ3) is 4.55. The molecule has 0 aliphatic carbocycles. The van der Waals surface area contributed by atoms with E-state index in [-0.39, 0.29) is 11.7 Å². The number of piperazine rings is 1. The minimum absolute atomic E-state index is 0.0787. The molecule has 0 unspecified atom stereocenters. The van der Waals surface area contributed by atoms with E-state index in [9.17, 15) is 9.18 Å². The number of aromatic nitrogens is 4. The highest BCUT2D eigenvalue weighted by Gasteiger charge is 2.23. The zero-order chi connectivity index (χ0) is 22.8. The Labute approximate surface area is 191 Å². The number of carbonyl (C=O) groups excluding carboxylic acids is 1. The molecule has 0 spiro atoms. The number of hydrogen-bond donors (Lipinski definition) is 1. The highest BCUT2D eigenvalue weighted by atomic mass is 19.1. The van der Waals surface area contributed by atoms with Gasteiger partial charge in [-0.3, -0.25) is 9.78 Å². The summed E-state index contributed by atoms with van der Waals surface area (Å²) in [5, 5.41) is 0.978. The van der Waals surface area contributed by atoms with Crippen LogP contribution in [0.3, 0.4) is 0 Å². The molecule has 8 heteroatoms. The van der Waals surface area contributed by atoms with Crippen molar-refractivity contribution in [3.8, 4) is 11.3 Å². The van der Waals surface area contributed by atoms with Crippen LogP contribution < -0.4 is 4.90 Å². The standard InChI is InChI=1S/C25H25FN6O/c1-17-2-5-19(6-3-17)22-13-21-24(30-22)28-16-29-25(21)32-10-8-31(9-11-32)23(33)7-4-18-12-20(26)15-27-14-18/h2-3,5-6,12-16H,4,7-11H2,1H3,(H,28,29,30). The quantitative estimate of drug-likeness (QED) is 0.507. The van der Waals surface area contributed by atoms with Gasteiger partial charge in [0.25, 0.3) is 0 Å². The summed E-state index contributed by atoms with van der Waals surface area (Å²) >= 11 is 0. The van der Waals surface area contributed by atoms with E-state index < -0.39 is 0 Å². The highest BCUT2D eigenvalue weighted by Crippen LogP contribution is 2.29. The Kier molecular flexibility index (Phi) is 5.73. The number of aromatic amines is 1. The lowest BCUT2D eigenvalue weighted by Crippen LogP contribution is -2.49. The number of H-pyrrole nitrogens is 1. The number of anilines is 1. The fourth-order valence-electron chi connectivity index (χ4n) is 4.24. The molecule has 3 aromatic heterocycles. The van der Waals surface area contributed by atoms with E-state index in [1.54, 1.807) is 12.5 Å². The van der Waals surface area contributed by atoms with Gasteiger partial charge in [-0.15, -0.1) is 0 Å². The van der Waals surface area contributed by atoms with Crippen molar-refractivity contribution in [2.24, 2.45) is 0 Å². The number of hydrogen-bond acceptors (Lipinski definition) is 5. The summed E-state index contributed by atoms with van der Waals surface area (Å²) in [6, 6.07) is 11.9. The van der Waals surface area contributed by atoms with Gasteiger partial charge in [0.05, 0.1) is 11.6 Å². The minimum Gasteiger partial charge on any atom is -0.352 e. The maximum atomic E-state index is 13.3.